The van der Waals surface area contributed by atoms with Crippen molar-refractivity contribution in [2.45, 2.75) is 32.4 Å². The summed E-state index contributed by atoms with van der Waals surface area (Å²) in [5.41, 5.74) is 6.21. The minimum absolute atomic E-state index is 0.116. The van der Waals surface area contributed by atoms with Gasteiger partial charge in [0.05, 0.1) is 12.2 Å². The molecule has 3 unspecified atom stereocenters. The lowest BCUT2D eigenvalue weighted by molar-refractivity contribution is -0.139. The van der Waals surface area contributed by atoms with Crippen molar-refractivity contribution in [3.63, 3.8) is 0 Å². The number of para-hydroxylation sites is 1. The van der Waals surface area contributed by atoms with Gasteiger partial charge >= 0.3 is 5.97 Å². The zero-order valence-corrected chi connectivity index (χ0v) is 18.9. The predicted molar refractivity (Wildman–Crippen MR) is 123 cm³/mol. The first-order valence-corrected chi connectivity index (χ1v) is 11.6. The molecule has 1 rings (SSSR count). The van der Waals surface area contributed by atoms with E-state index in [-0.39, 0.29) is 12.0 Å². The maximum atomic E-state index is 12.7. The number of carboxylic acid groups (broad SMARTS) is 1. The molecule has 0 aliphatic rings. The topological polar surface area (TPSA) is 102 Å². The molecule has 0 saturated carbocycles. The number of carboxylic acids is 1. The average Bonchev–Trinajstić information content (AvgIpc) is 2.70. The van der Waals surface area contributed by atoms with Crippen LogP contribution in [-0.4, -0.2) is 53.4 Å². The number of thioether (sulfide) groups is 1. The summed E-state index contributed by atoms with van der Waals surface area (Å²) in [7, 11) is 0. The molecule has 0 radical (unpaired) electrons. The molecule has 162 valence electrons. The van der Waals surface area contributed by atoms with Crippen LogP contribution in [0.5, 0.6) is 5.75 Å². The summed E-state index contributed by atoms with van der Waals surface area (Å²) in [6, 6.07) is 5.81. The highest BCUT2D eigenvalue weighted by Gasteiger charge is 2.22. The van der Waals surface area contributed by atoms with Gasteiger partial charge in [-0.25, -0.2) is 4.79 Å². The number of carbonyl (C=O) groups excluding carboxylic acids is 1. The third-order valence-electron chi connectivity index (χ3n) is 4.45. The standard InChI is InChI=1S/C21H32N2O4S2/c1-14(2)15(8-9-16(22)13-28)12-27-19-7-5-4-6-17(19)20(24)23-18(21(25)26)10-11-29-3/h4-9,14-16,18,28H,10-13,22H2,1-3H3,(H,23,24)(H,25,26). The zero-order valence-electron chi connectivity index (χ0n) is 17.2. The Morgan fingerprint density at radius 2 is 2.00 bits per heavy atom. The molecule has 0 saturated heterocycles. The molecular weight excluding hydrogens is 408 g/mol. The zero-order chi connectivity index (χ0) is 21.8. The van der Waals surface area contributed by atoms with Crippen molar-refractivity contribution in [3.8, 4) is 5.75 Å². The van der Waals surface area contributed by atoms with E-state index in [2.05, 4.69) is 31.8 Å². The quantitative estimate of drug-likeness (QED) is 0.278. The average molecular weight is 441 g/mol. The molecule has 3 atom stereocenters. The highest BCUT2D eigenvalue weighted by molar-refractivity contribution is 7.98. The van der Waals surface area contributed by atoms with Crippen LogP contribution < -0.4 is 15.8 Å². The first-order chi connectivity index (χ1) is 13.8. The molecule has 0 heterocycles. The lowest BCUT2D eigenvalue weighted by Crippen LogP contribution is -2.41. The van der Waals surface area contributed by atoms with Crippen LogP contribution >= 0.6 is 24.4 Å². The van der Waals surface area contributed by atoms with Gasteiger partial charge < -0.3 is 20.9 Å². The van der Waals surface area contributed by atoms with Gasteiger partial charge in [0, 0.05) is 17.7 Å². The molecule has 1 amide bonds. The summed E-state index contributed by atoms with van der Waals surface area (Å²) in [6.07, 6.45) is 6.20. The summed E-state index contributed by atoms with van der Waals surface area (Å²) in [6.45, 7) is 4.56. The molecule has 0 aromatic heterocycles. The van der Waals surface area contributed by atoms with Crippen molar-refractivity contribution < 1.29 is 19.4 Å². The number of hydrogen-bond donors (Lipinski definition) is 4. The predicted octanol–water partition coefficient (Wildman–Crippen LogP) is 3.09. The molecular formula is C21H32N2O4S2. The normalized spacial score (nSPS) is 14.6. The Bertz CT molecular complexity index is 682. The van der Waals surface area contributed by atoms with Gasteiger partial charge in [0.1, 0.15) is 11.8 Å². The van der Waals surface area contributed by atoms with E-state index < -0.39 is 17.9 Å². The minimum Gasteiger partial charge on any atom is -0.492 e. The van der Waals surface area contributed by atoms with E-state index in [1.807, 2.05) is 18.4 Å². The highest BCUT2D eigenvalue weighted by atomic mass is 32.2. The third-order valence-corrected chi connectivity index (χ3v) is 5.52. The van der Waals surface area contributed by atoms with Crippen LogP contribution in [0.4, 0.5) is 0 Å². The second-order valence-corrected chi connectivity index (χ2v) is 8.44. The van der Waals surface area contributed by atoms with E-state index in [1.54, 1.807) is 24.3 Å². The molecule has 0 aliphatic heterocycles. The molecule has 29 heavy (non-hydrogen) atoms. The summed E-state index contributed by atoms with van der Waals surface area (Å²) < 4.78 is 5.95. The number of benzene rings is 1. The van der Waals surface area contributed by atoms with Gasteiger partial charge in [-0.15, -0.1) is 0 Å². The van der Waals surface area contributed by atoms with E-state index >= 15 is 0 Å². The molecule has 0 spiro atoms. The molecule has 6 nitrogen and oxygen atoms in total. The lowest BCUT2D eigenvalue weighted by Gasteiger charge is -2.20. The maximum Gasteiger partial charge on any atom is 0.326 e. The third kappa shape index (κ3) is 9.14. The Kier molecular flexibility index (Phi) is 11.9. The van der Waals surface area contributed by atoms with Gasteiger partial charge in [0.15, 0.2) is 0 Å². The number of thiol groups is 1. The van der Waals surface area contributed by atoms with Crippen molar-refractivity contribution in [2.75, 3.05) is 24.4 Å². The lowest BCUT2D eigenvalue weighted by atomic mass is 9.95. The van der Waals surface area contributed by atoms with E-state index in [0.29, 0.717) is 41.8 Å². The SMILES string of the molecule is CSCCC(NC(=O)c1ccccc1OCC(C=CC(N)CS)C(C)C)C(=O)O. The van der Waals surface area contributed by atoms with E-state index in [0.717, 1.165) is 0 Å². The molecule has 1 aromatic rings. The number of carbonyl (C=O) groups is 2. The molecule has 4 N–H and O–H groups in total. The number of hydrogen-bond acceptors (Lipinski definition) is 6. The van der Waals surface area contributed by atoms with E-state index in [9.17, 15) is 14.7 Å². The second kappa shape index (κ2) is 13.6. The van der Waals surface area contributed by atoms with Gasteiger partial charge in [0.25, 0.3) is 5.91 Å². The molecule has 0 bridgehead atoms. The first kappa shape index (κ1) is 25.4. The summed E-state index contributed by atoms with van der Waals surface area (Å²) >= 11 is 5.72. The Balaban J connectivity index is 2.87. The Morgan fingerprint density at radius 3 is 2.59 bits per heavy atom. The number of aliphatic carboxylic acids is 1. The van der Waals surface area contributed by atoms with Crippen LogP contribution in [0.1, 0.15) is 30.6 Å². The van der Waals surface area contributed by atoms with Crippen molar-refractivity contribution in [2.24, 2.45) is 17.6 Å². The number of rotatable bonds is 13. The first-order valence-electron chi connectivity index (χ1n) is 9.59. The number of nitrogens with two attached hydrogens (primary N) is 1. The number of amides is 1. The van der Waals surface area contributed by atoms with Gasteiger partial charge in [-0.3, -0.25) is 4.79 Å². The van der Waals surface area contributed by atoms with Crippen molar-refractivity contribution >= 4 is 36.3 Å². The van der Waals surface area contributed by atoms with Crippen LogP contribution in [0.25, 0.3) is 0 Å². The van der Waals surface area contributed by atoms with Gasteiger partial charge in [-0.05, 0) is 36.5 Å². The van der Waals surface area contributed by atoms with Gasteiger partial charge in [-0.2, -0.15) is 24.4 Å². The Labute approximate surface area is 183 Å². The smallest absolute Gasteiger partial charge is 0.326 e. The summed E-state index contributed by atoms with van der Waals surface area (Å²) in [5, 5.41) is 11.9. The Morgan fingerprint density at radius 1 is 1.31 bits per heavy atom. The molecule has 1 aromatic carbocycles. The van der Waals surface area contributed by atoms with Crippen LogP contribution in [0.2, 0.25) is 0 Å². The van der Waals surface area contributed by atoms with Crippen molar-refractivity contribution in [1.82, 2.24) is 5.32 Å². The van der Waals surface area contributed by atoms with Crippen molar-refractivity contribution in [1.29, 1.82) is 0 Å². The van der Waals surface area contributed by atoms with E-state index in [1.165, 1.54) is 11.8 Å². The summed E-state index contributed by atoms with van der Waals surface area (Å²) in [5.74, 6) is 0.571. The van der Waals surface area contributed by atoms with E-state index in [4.69, 9.17) is 10.5 Å². The fourth-order valence-electron chi connectivity index (χ4n) is 2.51. The van der Waals surface area contributed by atoms with Crippen LogP contribution in [0.3, 0.4) is 0 Å². The molecule has 8 heteroatoms. The summed E-state index contributed by atoms with van der Waals surface area (Å²) in [4.78, 5) is 24.1. The highest BCUT2D eigenvalue weighted by Crippen LogP contribution is 2.21. The monoisotopic (exact) mass is 440 g/mol. The van der Waals surface area contributed by atoms with Crippen LogP contribution in [-0.2, 0) is 4.79 Å². The van der Waals surface area contributed by atoms with Crippen LogP contribution in [0, 0.1) is 11.8 Å². The number of ether oxygens (including phenoxy) is 1. The minimum atomic E-state index is -1.05. The van der Waals surface area contributed by atoms with Crippen LogP contribution in [0.15, 0.2) is 36.4 Å². The fraction of sp³-hybridized carbons (Fsp3) is 0.524. The van der Waals surface area contributed by atoms with Crippen molar-refractivity contribution in [3.05, 3.63) is 42.0 Å². The molecule has 0 aliphatic carbocycles. The molecule has 0 fully saturated rings. The fourth-order valence-corrected chi connectivity index (χ4v) is 3.10. The van der Waals surface area contributed by atoms with Gasteiger partial charge in [-0.1, -0.05) is 38.1 Å². The Hall–Kier alpha value is -1.64. The number of nitrogens with one attached hydrogen (secondary N) is 1. The largest absolute Gasteiger partial charge is 0.492 e. The van der Waals surface area contributed by atoms with Gasteiger partial charge in [0.2, 0.25) is 0 Å². The maximum absolute atomic E-state index is 12.7. The second-order valence-electron chi connectivity index (χ2n) is 7.09.